The number of carbonyl (C=O) groups is 1. The third-order valence-corrected chi connectivity index (χ3v) is 5.16. The number of carboxylic acids is 1. The van der Waals surface area contributed by atoms with Crippen LogP contribution in [0, 0.1) is 17.2 Å². The molecule has 5 nitrogen and oxygen atoms in total. The van der Waals surface area contributed by atoms with Crippen molar-refractivity contribution < 1.29 is 14.6 Å². The van der Waals surface area contributed by atoms with Gasteiger partial charge in [-0.3, -0.25) is 4.79 Å². The zero-order valence-corrected chi connectivity index (χ0v) is 16.7. The molecular formula is C19H18BrClN2O3. The second-order valence-electron chi connectivity index (χ2n) is 5.78. The molecular weight excluding hydrogens is 420 g/mol. The third kappa shape index (κ3) is 4.35. The van der Waals surface area contributed by atoms with Crippen molar-refractivity contribution in [3.05, 3.63) is 57.2 Å². The van der Waals surface area contributed by atoms with Crippen molar-refractivity contribution >= 4 is 33.5 Å². The molecule has 0 aliphatic carbocycles. The van der Waals surface area contributed by atoms with Gasteiger partial charge in [-0.05, 0) is 35.7 Å². The van der Waals surface area contributed by atoms with Crippen LogP contribution < -0.4 is 4.74 Å². The molecule has 0 radical (unpaired) electrons. The van der Waals surface area contributed by atoms with Crippen molar-refractivity contribution in [3.8, 4) is 11.9 Å². The molecule has 136 valence electrons. The molecule has 1 heterocycles. The molecule has 1 aromatic carbocycles. The van der Waals surface area contributed by atoms with Gasteiger partial charge in [-0.15, -0.1) is 0 Å². The number of halogens is 2. The fourth-order valence-electron chi connectivity index (χ4n) is 3.08. The summed E-state index contributed by atoms with van der Waals surface area (Å²) in [5, 5.41) is 20.1. The molecule has 0 saturated carbocycles. The van der Waals surface area contributed by atoms with Gasteiger partial charge in [0, 0.05) is 27.7 Å². The second kappa shape index (κ2) is 9.02. The zero-order chi connectivity index (χ0) is 19.3. The van der Waals surface area contributed by atoms with E-state index in [0.717, 1.165) is 4.47 Å². The Kier molecular flexibility index (Phi) is 7.01. The summed E-state index contributed by atoms with van der Waals surface area (Å²) < 4.78 is 5.95. The summed E-state index contributed by atoms with van der Waals surface area (Å²) in [5.41, 5.74) is 1.27. The van der Waals surface area contributed by atoms with Gasteiger partial charge in [-0.1, -0.05) is 40.5 Å². The molecule has 3 atom stereocenters. The van der Waals surface area contributed by atoms with Gasteiger partial charge >= 0.3 is 5.97 Å². The number of hydrogen-bond donors (Lipinski definition) is 1. The van der Waals surface area contributed by atoms with Crippen LogP contribution in [0.1, 0.15) is 36.3 Å². The Balaban J connectivity index is 2.64. The van der Waals surface area contributed by atoms with Gasteiger partial charge in [0.05, 0.1) is 25.0 Å². The molecule has 0 aliphatic rings. The maximum absolute atomic E-state index is 11.9. The Morgan fingerprint density at radius 1 is 1.42 bits per heavy atom. The molecule has 0 saturated heterocycles. The van der Waals surface area contributed by atoms with Crippen LogP contribution in [-0.4, -0.2) is 23.2 Å². The normalized spacial score (nSPS) is 14.1. The lowest BCUT2D eigenvalue weighted by Crippen LogP contribution is -2.26. The molecule has 0 spiro atoms. The highest BCUT2D eigenvalue weighted by Gasteiger charge is 2.36. The molecule has 1 N–H and O–H groups in total. The molecule has 26 heavy (non-hydrogen) atoms. The smallest absolute Gasteiger partial charge is 0.307 e. The van der Waals surface area contributed by atoms with Crippen molar-refractivity contribution in [2.24, 2.45) is 5.92 Å². The summed E-state index contributed by atoms with van der Waals surface area (Å²) in [6.45, 7) is 1.79. The number of aromatic nitrogens is 1. The predicted molar refractivity (Wildman–Crippen MR) is 102 cm³/mol. The maximum atomic E-state index is 11.9. The minimum atomic E-state index is -0.957. The SMILES string of the molecule is CCC(C(=O)O)C(c1ccnc(OC)c1)C(C#N)c1ccc(Br)cc1Cl. The fourth-order valence-corrected chi connectivity index (χ4v) is 3.87. The summed E-state index contributed by atoms with van der Waals surface area (Å²) >= 11 is 9.70. The van der Waals surface area contributed by atoms with E-state index in [1.54, 1.807) is 43.5 Å². The van der Waals surface area contributed by atoms with E-state index in [0.29, 0.717) is 28.5 Å². The summed E-state index contributed by atoms with van der Waals surface area (Å²) in [5.74, 6) is -2.68. The van der Waals surface area contributed by atoms with Crippen LogP contribution >= 0.6 is 27.5 Å². The van der Waals surface area contributed by atoms with Gasteiger partial charge in [0.15, 0.2) is 0 Å². The number of ether oxygens (including phenoxy) is 1. The minimum absolute atomic E-state index is 0.367. The van der Waals surface area contributed by atoms with Gasteiger partial charge in [0.2, 0.25) is 5.88 Å². The fraction of sp³-hybridized carbons (Fsp3) is 0.316. The molecule has 3 unspecified atom stereocenters. The monoisotopic (exact) mass is 436 g/mol. The molecule has 1 aromatic heterocycles. The molecule has 0 fully saturated rings. The Bertz CT molecular complexity index is 838. The highest BCUT2D eigenvalue weighted by molar-refractivity contribution is 9.10. The van der Waals surface area contributed by atoms with Gasteiger partial charge in [0.25, 0.3) is 0 Å². The first kappa shape index (κ1) is 20.2. The number of carboxylic acid groups (broad SMARTS) is 1. The molecule has 0 aliphatic heterocycles. The van der Waals surface area contributed by atoms with E-state index in [-0.39, 0.29) is 0 Å². The minimum Gasteiger partial charge on any atom is -0.481 e. The van der Waals surface area contributed by atoms with Gasteiger partial charge < -0.3 is 9.84 Å². The van der Waals surface area contributed by atoms with Crippen molar-refractivity contribution in [2.45, 2.75) is 25.2 Å². The first-order valence-electron chi connectivity index (χ1n) is 8.00. The molecule has 0 bridgehead atoms. The predicted octanol–water partition coefficient (Wildman–Crippen LogP) is 5.01. The average molecular weight is 438 g/mol. The maximum Gasteiger partial charge on any atom is 0.307 e. The number of nitriles is 1. The van der Waals surface area contributed by atoms with Crippen LogP contribution in [0.25, 0.3) is 0 Å². The lowest BCUT2D eigenvalue weighted by molar-refractivity contribution is -0.142. The number of benzene rings is 1. The van der Waals surface area contributed by atoms with Crippen molar-refractivity contribution in [1.29, 1.82) is 5.26 Å². The van der Waals surface area contributed by atoms with Crippen LogP contribution in [0.2, 0.25) is 5.02 Å². The van der Waals surface area contributed by atoms with Gasteiger partial charge in [-0.25, -0.2) is 4.98 Å². The van der Waals surface area contributed by atoms with Crippen LogP contribution in [0.3, 0.4) is 0 Å². The number of aliphatic carboxylic acids is 1. The van der Waals surface area contributed by atoms with Gasteiger partial charge in [0.1, 0.15) is 0 Å². The van der Waals surface area contributed by atoms with E-state index >= 15 is 0 Å². The van der Waals surface area contributed by atoms with E-state index in [4.69, 9.17) is 16.3 Å². The summed E-state index contributed by atoms with van der Waals surface area (Å²) in [7, 11) is 1.49. The number of rotatable bonds is 7. The number of pyridine rings is 1. The Labute approximate surface area is 165 Å². The van der Waals surface area contributed by atoms with E-state index in [1.165, 1.54) is 7.11 Å². The van der Waals surface area contributed by atoms with Crippen LogP contribution in [0.15, 0.2) is 41.0 Å². The highest BCUT2D eigenvalue weighted by Crippen LogP contribution is 2.43. The Morgan fingerprint density at radius 3 is 2.69 bits per heavy atom. The molecule has 2 rings (SSSR count). The summed E-state index contributed by atoms with van der Waals surface area (Å²) in [6, 6.07) is 10.9. The van der Waals surface area contributed by atoms with E-state index in [1.807, 2.05) is 0 Å². The largest absolute Gasteiger partial charge is 0.481 e. The highest BCUT2D eigenvalue weighted by atomic mass is 79.9. The quantitative estimate of drug-likeness (QED) is 0.658. The van der Waals surface area contributed by atoms with Crippen molar-refractivity contribution in [2.75, 3.05) is 7.11 Å². The lowest BCUT2D eigenvalue weighted by Gasteiger charge is -2.28. The first-order valence-corrected chi connectivity index (χ1v) is 9.17. The third-order valence-electron chi connectivity index (χ3n) is 4.34. The molecule has 7 heteroatoms. The number of nitrogens with zero attached hydrogens (tertiary/aromatic N) is 2. The van der Waals surface area contributed by atoms with Crippen molar-refractivity contribution in [3.63, 3.8) is 0 Å². The van der Waals surface area contributed by atoms with E-state index in [9.17, 15) is 15.2 Å². The second-order valence-corrected chi connectivity index (χ2v) is 7.11. The number of hydrogen-bond acceptors (Lipinski definition) is 4. The van der Waals surface area contributed by atoms with E-state index < -0.39 is 23.7 Å². The summed E-state index contributed by atoms with van der Waals surface area (Å²) in [6.07, 6.45) is 1.92. The van der Waals surface area contributed by atoms with E-state index in [2.05, 4.69) is 27.0 Å². The van der Waals surface area contributed by atoms with Crippen LogP contribution in [0.5, 0.6) is 5.88 Å². The van der Waals surface area contributed by atoms with Gasteiger partial charge in [-0.2, -0.15) is 5.26 Å². The molecule has 0 amide bonds. The average Bonchev–Trinajstić information content (AvgIpc) is 2.62. The Hall–Kier alpha value is -2.10. The first-order chi connectivity index (χ1) is 12.4. The molecule has 2 aromatic rings. The van der Waals surface area contributed by atoms with Crippen molar-refractivity contribution in [1.82, 2.24) is 4.98 Å². The Morgan fingerprint density at radius 2 is 2.15 bits per heavy atom. The van der Waals surface area contributed by atoms with Crippen LogP contribution in [-0.2, 0) is 4.79 Å². The lowest BCUT2D eigenvalue weighted by atomic mass is 9.73. The number of methoxy groups -OCH3 is 1. The summed E-state index contributed by atoms with van der Waals surface area (Å²) in [4.78, 5) is 16.0. The van der Waals surface area contributed by atoms with Crippen LogP contribution in [0.4, 0.5) is 0 Å². The zero-order valence-electron chi connectivity index (χ0n) is 14.3. The standard InChI is InChI=1S/C19H18BrClN2O3/c1-3-13(19(24)25)18(11-6-7-23-17(8-11)26-2)15(10-22)14-5-4-12(20)9-16(14)21/h4-9,13,15,18H,3H2,1-2H3,(H,24,25). The topological polar surface area (TPSA) is 83.2 Å².